The van der Waals surface area contributed by atoms with Gasteiger partial charge in [-0.15, -0.1) is 0 Å². The summed E-state index contributed by atoms with van der Waals surface area (Å²) in [6, 6.07) is 20.8. The number of nitrogens with zero attached hydrogens (tertiary/aromatic N) is 2. The Morgan fingerprint density at radius 1 is 0.902 bits per heavy atom. The summed E-state index contributed by atoms with van der Waals surface area (Å²) in [7, 11) is -2.93. The van der Waals surface area contributed by atoms with Gasteiger partial charge in [0.1, 0.15) is 25.3 Å². The van der Waals surface area contributed by atoms with E-state index in [9.17, 15) is 22.8 Å². The van der Waals surface area contributed by atoms with Crippen molar-refractivity contribution in [3.8, 4) is 0 Å². The molecule has 3 aromatic carbocycles. The molecule has 0 bridgehead atoms. The molecule has 3 aromatic rings. The maximum absolute atomic E-state index is 13.8. The van der Waals surface area contributed by atoms with Gasteiger partial charge in [0.25, 0.3) is 10.0 Å². The van der Waals surface area contributed by atoms with Crippen LogP contribution in [0.25, 0.3) is 0 Å². The van der Waals surface area contributed by atoms with Crippen LogP contribution in [0.4, 0.5) is 16.2 Å². The molecule has 0 spiro atoms. The highest BCUT2D eigenvalue weighted by atomic mass is 35.5. The maximum atomic E-state index is 13.8. The largest absolute Gasteiger partial charge is 0.459 e. The zero-order valence-electron chi connectivity index (χ0n) is 23.2. The number of esters is 1. The third-order valence-corrected chi connectivity index (χ3v) is 7.49. The van der Waals surface area contributed by atoms with E-state index < -0.39 is 40.1 Å². The van der Waals surface area contributed by atoms with Gasteiger partial charge in [0.05, 0.1) is 15.6 Å². The number of likely N-dealkylation sites (N-methyl/N-ethyl adjacent to an activating group) is 1. The first-order valence-corrected chi connectivity index (χ1v) is 14.4. The number of nitrogens with one attached hydrogen (secondary N) is 1. The fraction of sp³-hybridized carbons (Fsp3) is 0.276. The quantitative estimate of drug-likeness (QED) is 0.321. The van der Waals surface area contributed by atoms with Crippen molar-refractivity contribution in [1.82, 2.24) is 4.90 Å². The number of para-hydroxylation sites is 1. The Bertz CT molecular complexity index is 1490. The molecule has 0 fully saturated rings. The van der Waals surface area contributed by atoms with E-state index >= 15 is 0 Å². The molecule has 10 nitrogen and oxygen atoms in total. The second kappa shape index (κ2) is 13.5. The summed E-state index contributed by atoms with van der Waals surface area (Å²) in [6.45, 7) is 4.10. The average Bonchev–Trinajstić information content (AvgIpc) is 2.90. The molecule has 2 amide bonds. The summed E-state index contributed by atoms with van der Waals surface area (Å²) < 4.78 is 38.9. The number of carbonyl (C=O) groups is 3. The minimum absolute atomic E-state index is 0.0523. The van der Waals surface area contributed by atoms with Crippen molar-refractivity contribution in [1.29, 1.82) is 0 Å². The van der Waals surface area contributed by atoms with Crippen molar-refractivity contribution < 1.29 is 32.3 Å². The standard InChI is InChI=1S/C29H32ClN3O7S/c1-29(2,3)40-27(35)19-33(25-16-9-8-15-24(25)30)41(37,38)23-14-10-13-22(17-23)31-26(34)18-32(4)28(36)39-20-21-11-6-5-7-12-21/h5-17H,18-20H2,1-4H3,(H,31,34). The summed E-state index contributed by atoms with van der Waals surface area (Å²) in [5, 5.41) is 2.70. The molecule has 41 heavy (non-hydrogen) atoms. The van der Waals surface area contributed by atoms with Crippen LogP contribution in [-0.2, 0) is 35.7 Å². The predicted octanol–water partition coefficient (Wildman–Crippen LogP) is 5.08. The fourth-order valence-corrected chi connectivity index (χ4v) is 5.38. The number of ether oxygens (including phenoxy) is 2. The van der Waals surface area contributed by atoms with Gasteiger partial charge in [-0.2, -0.15) is 0 Å². The van der Waals surface area contributed by atoms with Crippen LogP contribution in [0.5, 0.6) is 0 Å². The van der Waals surface area contributed by atoms with Crippen LogP contribution in [0, 0.1) is 0 Å². The predicted molar refractivity (Wildman–Crippen MR) is 156 cm³/mol. The van der Waals surface area contributed by atoms with Crippen molar-refractivity contribution in [3.05, 3.63) is 89.4 Å². The summed E-state index contributed by atoms with van der Waals surface area (Å²) in [5.41, 5.74) is 0.219. The van der Waals surface area contributed by atoms with Gasteiger partial charge in [-0.05, 0) is 56.7 Å². The lowest BCUT2D eigenvalue weighted by molar-refractivity contribution is -0.152. The van der Waals surface area contributed by atoms with Crippen LogP contribution in [-0.4, -0.2) is 57.0 Å². The molecule has 0 atom stereocenters. The molecular weight excluding hydrogens is 570 g/mol. The zero-order valence-corrected chi connectivity index (χ0v) is 24.7. The molecule has 0 saturated heterocycles. The Hall–Kier alpha value is -4.09. The molecule has 0 unspecified atom stereocenters. The molecule has 0 heterocycles. The minimum atomic E-state index is -4.34. The van der Waals surface area contributed by atoms with Crippen molar-refractivity contribution in [2.75, 3.05) is 29.8 Å². The van der Waals surface area contributed by atoms with Crippen molar-refractivity contribution >= 4 is 51.0 Å². The first-order valence-electron chi connectivity index (χ1n) is 12.6. The summed E-state index contributed by atoms with van der Waals surface area (Å²) >= 11 is 6.30. The SMILES string of the molecule is CN(CC(=O)Nc1cccc(S(=O)(=O)N(CC(=O)OC(C)(C)C)c2ccccc2Cl)c1)C(=O)OCc1ccccc1. The van der Waals surface area contributed by atoms with Crippen LogP contribution in [0.2, 0.25) is 5.02 Å². The van der Waals surface area contributed by atoms with E-state index in [1.54, 1.807) is 45.0 Å². The number of rotatable bonds is 10. The number of hydrogen-bond acceptors (Lipinski definition) is 7. The highest BCUT2D eigenvalue weighted by Crippen LogP contribution is 2.31. The van der Waals surface area contributed by atoms with Crippen LogP contribution < -0.4 is 9.62 Å². The van der Waals surface area contributed by atoms with Crippen LogP contribution in [0.3, 0.4) is 0 Å². The number of benzene rings is 3. The first kappa shape index (κ1) is 31.4. The Balaban J connectivity index is 1.75. The summed E-state index contributed by atoms with van der Waals surface area (Å²) in [4.78, 5) is 38.5. The molecule has 1 N–H and O–H groups in total. The normalized spacial score (nSPS) is 11.3. The summed E-state index contributed by atoms with van der Waals surface area (Å²) in [6.07, 6.45) is -0.696. The highest BCUT2D eigenvalue weighted by molar-refractivity contribution is 7.92. The van der Waals surface area contributed by atoms with Crippen LogP contribution in [0.15, 0.2) is 83.8 Å². The van der Waals surface area contributed by atoms with Gasteiger partial charge in [-0.25, -0.2) is 13.2 Å². The Morgan fingerprint density at radius 2 is 1.56 bits per heavy atom. The third-order valence-electron chi connectivity index (χ3n) is 5.42. The van der Waals surface area contributed by atoms with Gasteiger partial charge in [-0.3, -0.25) is 13.9 Å². The minimum Gasteiger partial charge on any atom is -0.459 e. The first-order chi connectivity index (χ1) is 19.3. The molecule has 0 radical (unpaired) electrons. The van der Waals surface area contributed by atoms with Gasteiger partial charge in [-0.1, -0.05) is 60.1 Å². The molecule has 3 rings (SSSR count). The maximum Gasteiger partial charge on any atom is 0.410 e. The molecule has 12 heteroatoms. The Morgan fingerprint density at radius 3 is 2.22 bits per heavy atom. The fourth-order valence-electron chi connectivity index (χ4n) is 3.62. The molecule has 218 valence electrons. The Labute approximate surface area is 244 Å². The number of halogens is 1. The third kappa shape index (κ3) is 9.22. The van der Waals surface area contributed by atoms with E-state index in [1.807, 2.05) is 18.2 Å². The molecular formula is C29H32ClN3O7S. The second-order valence-electron chi connectivity index (χ2n) is 10.0. The summed E-state index contributed by atoms with van der Waals surface area (Å²) in [5.74, 6) is -1.34. The lowest BCUT2D eigenvalue weighted by Gasteiger charge is -2.27. The number of anilines is 2. The number of hydrogen-bond donors (Lipinski definition) is 1. The van der Waals surface area contributed by atoms with E-state index in [4.69, 9.17) is 21.1 Å². The zero-order chi connectivity index (χ0) is 30.2. The van der Waals surface area contributed by atoms with E-state index in [1.165, 1.54) is 43.4 Å². The lowest BCUT2D eigenvalue weighted by atomic mass is 10.2. The molecule has 0 aliphatic rings. The monoisotopic (exact) mass is 601 g/mol. The molecule has 0 saturated carbocycles. The molecule has 0 aromatic heterocycles. The smallest absolute Gasteiger partial charge is 0.410 e. The van der Waals surface area contributed by atoms with Crippen molar-refractivity contribution in [2.45, 2.75) is 37.9 Å². The second-order valence-corrected chi connectivity index (χ2v) is 12.3. The highest BCUT2D eigenvalue weighted by Gasteiger charge is 2.31. The average molecular weight is 602 g/mol. The number of amides is 2. The number of sulfonamides is 1. The van der Waals surface area contributed by atoms with Gasteiger partial charge < -0.3 is 19.7 Å². The van der Waals surface area contributed by atoms with Gasteiger partial charge in [0.2, 0.25) is 5.91 Å². The van der Waals surface area contributed by atoms with Crippen molar-refractivity contribution in [2.24, 2.45) is 0 Å². The van der Waals surface area contributed by atoms with Gasteiger partial charge in [0, 0.05) is 12.7 Å². The van der Waals surface area contributed by atoms with Crippen LogP contribution >= 0.6 is 11.6 Å². The molecule has 0 aliphatic carbocycles. The lowest BCUT2D eigenvalue weighted by Crippen LogP contribution is -2.39. The number of carbonyl (C=O) groups excluding carboxylic acids is 3. The van der Waals surface area contributed by atoms with Crippen molar-refractivity contribution in [3.63, 3.8) is 0 Å². The van der Waals surface area contributed by atoms with E-state index in [-0.39, 0.29) is 34.4 Å². The Kier molecular flexibility index (Phi) is 10.4. The van der Waals surface area contributed by atoms with E-state index in [0.29, 0.717) is 0 Å². The van der Waals surface area contributed by atoms with Gasteiger partial charge >= 0.3 is 12.1 Å². The van der Waals surface area contributed by atoms with Crippen LogP contribution in [0.1, 0.15) is 26.3 Å². The van der Waals surface area contributed by atoms with Gasteiger partial charge in [0.15, 0.2) is 0 Å². The van der Waals surface area contributed by atoms with E-state index in [2.05, 4.69) is 5.32 Å². The molecule has 0 aliphatic heterocycles. The topological polar surface area (TPSA) is 122 Å². The van der Waals surface area contributed by atoms with E-state index in [0.717, 1.165) is 14.8 Å².